The van der Waals surface area contributed by atoms with Gasteiger partial charge in [-0.1, -0.05) is 35.5 Å². The van der Waals surface area contributed by atoms with Gasteiger partial charge in [-0.3, -0.25) is 14.2 Å². The van der Waals surface area contributed by atoms with E-state index in [1.54, 1.807) is 31.3 Å². The fraction of sp³-hybridized carbons (Fsp3) is 0.304. The lowest BCUT2D eigenvalue weighted by molar-refractivity contribution is -0.113. The van der Waals surface area contributed by atoms with Crippen molar-refractivity contribution in [3.8, 4) is 5.69 Å². The van der Waals surface area contributed by atoms with Crippen LogP contribution in [-0.2, 0) is 4.79 Å². The zero-order valence-corrected chi connectivity index (χ0v) is 19.0. The fourth-order valence-electron chi connectivity index (χ4n) is 3.61. The molecule has 2 amide bonds. The van der Waals surface area contributed by atoms with Crippen molar-refractivity contribution in [1.82, 2.24) is 20.1 Å². The summed E-state index contributed by atoms with van der Waals surface area (Å²) in [7, 11) is 1.57. The molecule has 1 aliphatic heterocycles. The maximum absolute atomic E-state index is 12.6. The third-order valence-electron chi connectivity index (χ3n) is 5.27. The minimum atomic E-state index is -0.198. The van der Waals surface area contributed by atoms with Crippen LogP contribution in [0.3, 0.4) is 0 Å². The van der Waals surface area contributed by atoms with Crippen LogP contribution in [-0.4, -0.2) is 52.5 Å². The van der Waals surface area contributed by atoms with Gasteiger partial charge in [0.2, 0.25) is 11.9 Å². The van der Waals surface area contributed by atoms with Gasteiger partial charge in [0, 0.05) is 31.4 Å². The molecule has 3 aromatic rings. The molecule has 8 nitrogen and oxygen atoms in total. The molecule has 2 heterocycles. The smallest absolute Gasteiger partial charge is 0.251 e. The molecule has 0 aliphatic carbocycles. The Morgan fingerprint density at radius 3 is 2.53 bits per heavy atom. The predicted molar refractivity (Wildman–Crippen MR) is 127 cm³/mol. The summed E-state index contributed by atoms with van der Waals surface area (Å²) in [6.07, 6.45) is 2.28. The fourth-order valence-corrected chi connectivity index (χ4v) is 4.35. The van der Waals surface area contributed by atoms with E-state index in [1.807, 2.05) is 16.7 Å². The minimum Gasteiger partial charge on any atom is -0.355 e. The van der Waals surface area contributed by atoms with Gasteiger partial charge in [0.1, 0.15) is 0 Å². The van der Waals surface area contributed by atoms with Crippen LogP contribution >= 0.6 is 11.8 Å². The second kappa shape index (κ2) is 9.86. The number of benzene rings is 2. The Labute approximate surface area is 191 Å². The first-order valence-corrected chi connectivity index (χ1v) is 11.6. The van der Waals surface area contributed by atoms with Crippen molar-refractivity contribution in [2.24, 2.45) is 0 Å². The van der Waals surface area contributed by atoms with Crippen LogP contribution in [0.1, 0.15) is 28.8 Å². The number of thioether (sulfide) groups is 1. The molecule has 4 rings (SSSR count). The zero-order chi connectivity index (χ0) is 22.5. The largest absolute Gasteiger partial charge is 0.355 e. The third kappa shape index (κ3) is 4.94. The van der Waals surface area contributed by atoms with Gasteiger partial charge in [-0.15, -0.1) is 10.2 Å². The molecule has 1 fully saturated rings. The number of amides is 2. The summed E-state index contributed by atoms with van der Waals surface area (Å²) in [5.74, 6) is 0.614. The van der Waals surface area contributed by atoms with Crippen molar-refractivity contribution in [3.63, 3.8) is 0 Å². The molecule has 1 aliphatic rings. The summed E-state index contributed by atoms with van der Waals surface area (Å²) in [5, 5.41) is 14.9. The number of nitrogens with one attached hydrogen (secondary N) is 2. The molecule has 1 aromatic heterocycles. The number of nitrogens with zero attached hydrogens (tertiary/aromatic N) is 4. The predicted octanol–water partition coefficient (Wildman–Crippen LogP) is 3.27. The first-order chi connectivity index (χ1) is 15.5. The maximum atomic E-state index is 12.6. The second-order valence-corrected chi connectivity index (χ2v) is 8.59. The molecular formula is C23H26N6O2S. The highest BCUT2D eigenvalue weighted by Crippen LogP contribution is 2.28. The normalized spacial score (nSPS) is 13.2. The Bertz CT molecular complexity index is 1110. The number of aromatic nitrogens is 3. The van der Waals surface area contributed by atoms with Crippen molar-refractivity contribution < 1.29 is 9.59 Å². The summed E-state index contributed by atoms with van der Waals surface area (Å²) in [5.41, 5.74) is 3.22. The molecule has 0 bridgehead atoms. The quantitative estimate of drug-likeness (QED) is 0.537. The Kier molecular flexibility index (Phi) is 6.75. The molecule has 0 atom stereocenters. The van der Waals surface area contributed by atoms with E-state index in [0.29, 0.717) is 16.4 Å². The number of aryl methyl sites for hydroxylation is 1. The molecule has 9 heteroatoms. The van der Waals surface area contributed by atoms with Crippen molar-refractivity contribution in [3.05, 3.63) is 59.7 Å². The van der Waals surface area contributed by atoms with Gasteiger partial charge in [-0.25, -0.2) is 0 Å². The van der Waals surface area contributed by atoms with Crippen LogP contribution in [0.2, 0.25) is 0 Å². The van der Waals surface area contributed by atoms with Crippen LogP contribution < -0.4 is 15.5 Å². The standard InChI is InChI=1S/C23H26N6O2S/c1-16-8-10-19(11-9-16)29-22(28-12-3-4-13-28)26-27-23(29)32-15-20(30)25-18-7-5-6-17(14-18)21(31)24-2/h5-11,14H,3-4,12-13,15H2,1-2H3,(H,24,31)(H,25,30). The average molecular weight is 451 g/mol. The lowest BCUT2D eigenvalue weighted by atomic mass is 10.2. The average Bonchev–Trinajstić information content (AvgIpc) is 3.48. The van der Waals surface area contributed by atoms with E-state index in [-0.39, 0.29) is 17.6 Å². The number of hydrogen-bond acceptors (Lipinski definition) is 6. The highest BCUT2D eigenvalue weighted by molar-refractivity contribution is 7.99. The van der Waals surface area contributed by atoms with Crippen LogP contribution in [0.4, 0.5) is 11.6 Å². The van der Waals surface area contributed by atoms with E-state index < -0.39 is 0 Å². The van der Waals surface area contributed by atoms with Crippen molar-refractivity contribution in [2.75, 3.05) is 36.1 Å². The monoisotopic (exact) mass is 450 g/mol. The second-order valence-electron chi connectivity index (χ2n) is 7.64. The Hall–Kier alpha value is -3.33. The summed E-state index contributed by atoms with van der Waals surface area (Å²) in [6.45, 7) is 3.96. The van der Waals surface area contributed by atoms with Gasteiger partial charge in [0.15, 0.2) is 5.16 Å². The van der Waals surface area contributed by atoms with Crippen molar-refractivity contribution >= 4 is 35.2 Å². The summed E-state index contributed by atoms with van der Waals surface area (Å²) >= 11 is 1.34. The van der Waals surface area contributed by atoms with Crippen molar-refractivity contribution in [2.45, 2.75) is 24.9 Å². The Balaban J connectivity index is 1.50. The summed E-state index contributed by atoms with van der Waals surface area (Å²) < 4.78 is 2.02. The summed E-state index contributed by atoms with van der Waals surface area (Å²) in [6, 6.07) is 15.1. The molecule has 0 spiro atoms. The third-order valence-corrected chi connectivity index (χ3v) is 6.19. The molecule has 2 aromatic carbocycles. The van der Waals surface area contributed by atoms with E-state index in [2.05, 4.69) is 44.8 Å². The van der Waals surface area contributed by atoms with Gasteiger partial charge >= 0.3 is 0 Å². The number of rotatable bonds is 7. The molecule has 0 saturated carbocycles. The highest BCUT2D eigenvalue weighted by atomic mass is 32.2. The van der Waals surface area contributed by atoms with Crippen LogP contribution in [0.15, 0.2) is 53.7 Å². The number of anilines is 2. The Morgan fingerprint density at radius 2 is 1.81 bits per heavy atom. The number of hydrogen-bond donors (Lipinski definition) is 2. The van der Waals surface area contributed by atoms with E-state index in [9.17, 15) is 9.59 Å². The first kappa shape index (κ1) is 21.9. The van der Waals surface area contributed by atoms with Crippen LogP contribution in [0.5, 0.6) is 0 Å². The van der Waals surface area contributed by atoms with Crippen LogP contribution in [0, 0.1) is 6.92 Å². The van der Waals surface area contributed by atoms with Gasteiger partial charge in [0.05, 0.1) is 11.4 Å². The lowest BCUT2D eigenvalue weighted by Crippen LogP contribution is -2.22. The molecular weight excluding hydrogens is 424 g/mol. The molecule has 0 unspecified atom stereocenters. The van der Waals surface area contributed by atoms with Gasteiger partial charge in [-0.05, 0) is 50.1 Å². The topological polar surface area (TPSA) is 92.2 Å². The van der Waals surface area contributed by atoms with Crippen LogP contribution in [0.25, 0.3) is 5.69 Å². The first-order valence-electron chi connectivity index (χ1n) is 10.6. The SMILES string of the molecule is CNC(=O)c1cccc(NC(=O)CSc2nnc(N3CCCC3)n2-c2ccc(C)cc2)c1. The molecule has 0 radical (unpaired) electrons. The van der Waals surface area contributed by atoms with E-state index in [0.717, 1.165) is 37.6 Å². The molecule has 166 valence electrons. The Morgan fingerprint density at radius 1 is 1.06 bits per heavy atom. The highest BCUT2D eigenvalue weighted by Gasteiger charge is 2.23. The van der Waals surface area contributed by atoms with Gasteiger partial charge in [-0.2, -0.15) is 0 Å². The molecule has 32 heavy (non-hydrogen) atoms. The number of carbonyl (C=O) groups is 2. The van der Waals surface area contributed by atoms with Crippen molar-refractivity contribution in [1.29, 1.82) is 0 Å². The zero-order valence-electron chi connectivity index (χ0n) is 18.2. The maximum Gasteiger partial charge on any atom is 0.251 e. The van der Waals surface area contributed by atoms with E-state index in [4.69, 9.17) is 0 Å². The summed E-state index contributed by atoms with van der Waals surface area (Å²) in [4.78, 5) is 26.6. The van der Waals surface area contributed by atoms with Gasteiger partial charge < -0.3 is 15.5 Å². The molecule has 1 saturated heterocycles. The molecule has 2 N–H and O–H groups in total. The van der Waals surface area contributed by atoms with E-state index >= 15 is 0 Å². The van der Waals surface area contributed by atoms with E-state index in [1.165, 1.54) is 17.3 Å². The van der Waals surface area contributed by atoms with Gasteiger partial charge in [0.25, 0.3) is 5.91 Å². The minimum absolute atomic E-state index is 0.175. The number of carbonyl (C=O) groups excluding carboxylic acids is 2. The lowest BCUT2D eigenvalue weighted by Gasteiger charge is -2.18.